The van der Waals surface area contributed by atoms with Crippen molar-refractivity contribution in [3.8, 4) is 11.5 Å². The molecule has 2 aliphatic rings. The van der Waals surface area contributed by atoms with Gasteiger partial charge in [-0.3, -0.25) is 0 Å². The summed E-state index contributed by atoms with van der Waals surface area (Å²) in [5.41, 5.74) is 2.70. The van der Waals surface area contributed by atoms with Crippen LogP contribution in [0.5, 0.6) is 11.5 Å². The lowest BCUT2D eigenvalue weighted by atomic mass is 9.76. The van der Waals surface area contributed by atoms with Crippen LogP contribution in [-0.2, 0) is 22.3 Å². The van der Waals surface area contributed by atoms with Gasteiger partial charge in [-0.25, -0.2) is 9.59 Å². The van der Waals surface area contributed by atoms with E-state index in [1.54, 1.807) is 0 Å². The van der Waals surface area contributed by atoms with Crippen LogP contribution in [-0.4, -0.2) is 50.7 Å². The number of unbranched alkanes of at least 4 members (excludes halogenated alkanes) is 12. The molecule has 2 saturated carbocycles. The molecular formula is C49H78N2O6. The molecule has 0 bridgehead atoms. The van der Waals surface area contributed by atoms with Gasteiger partial charge in [-0.2, -0.15) is 0 Å². The van der Waals surface area contributed by atoms with E-state index < -0.39 is 0 Å². The van der Waals surface area contributed by atoms with Gasteiger partial charge < -0.3 is 29.6 Å². The van der Waals surface area contributed by atoms with E-state index in [1.807, 2.05) is 24.3 Å². The molecular weight excluding hydrogens is 713 g/mol. The van der Waals surface area contributed by atoms with E-state index in [0.29, 0.717) is 25.0 Å². The SMILES string of the molecule is CCCCCCCCCc1ccc(OCCOC(=O)NC2CCC(CC3CCC(NC(=O)OCCOc4ccc(CCCCCCCCC)cc4)CC3)CC2)cc1. The Morgan fingerprint density at radius 1 is 0.474 bits per heavy atom. The number of rotatable bonds is 28. The molecule has 0 heterocycles. The molecule has 4 rings (SSSR count). The monoisotopic (exact) mass is 791 g/mol. The van der Waals surface area contributed by atoms with Crippen molar-refractivity contribution in [2.45, 2.75) is 186 Å². The van der Waals surface area contributed by atoms with Gasteiger partial charge in [0.2, 0.25) is 0 Å². The second kappa shape index (κ2) is 28.9. The smallest absolute Gasteiger partial charge is 0.407 e. The van der Waals surface area contributed by atoms with Crippen LogP contribution in [0.15, 0.2) is 48.5 Å². The van der Waals surface area contributed by atoms with E-state index in [0.717, 1.165) is 75.7 Å². The van der Waals surface area contributed by atoms with E-state index in [1.165, 1.54) is 107 Å². The fourth-order valence-corrected chi connectivity index (χ4v) is 8.64. The fourth-order valence-electron chi connectivity index (χ4n) is 8.64. The number of amides is 2. The van der Waals surface area contributed by atoms with Gasteiger partial charge in [0.15, 0.2) is 0 Å². The first-order chi connectivity index (χ1) is 28.0. The number of aryl methyl sites for hydroxylation is 2. The first kappa shape index (κ1) is 46.3. The Morgan fingerprint density at radius 3 is 1.19 bits per heavy atom. The van der Waals surface area contributed by atoms with Gasteiger partial charge in [0.05, 0.1) is 0 Å². The molecule has 0 saturated heterocycles. The Hall–Kier alpha value is -3.42. The third-order valence-electron chi connectivity index (χ3n) is 12.2. The molecule has 2 aromatic rings. The molecule has 0 unspecified atom stereocenters. The number of carbonyl (C=O) groups excluding carboxylic acids is 2. The molecule has 0 atom stereocenters. The highest BCUT2D eigenvalue weighted by atomic mass is 16.6. The van der Waals surface area contributed by atoms with Crippen molar-refractivity contribution >= 4 is 12.2 Å². The Bertz CT molecular complexity index is 1220. The highest BCUT2D eigenvalue weighted by Gasteiger charge is 2.28. The molecule has 0 aliphatic heterocycles. The zero-order valence-corrected chi connectivity index (χ0v) is 35.9. The average molecular weight is 791 g/mol. The first-order valence-corrected chi connectivity index (χ1v) is 23.3. The minimum Gasteiger partial charge on any atom is -0.490 e. The van der Waals surface area contributed by atoms with Crippen LogP contribution >= 0.6 is 0 Å². The van der Waals surface area contributed by atoms with Crippen LogP contribution in [0.1, 0.15) is 173 Å². The van der Waals surface area contributed by atoms with E-state index in [-0.39, 0.29) is 37.5 Å². The lowest BCUT2D eigenvalue weighted by Crippen LogP contribution is -2.39. The average Bonchev–Trinajstić information content (AvgIpc) is 3.23. The minimum absolute atomic E-state index is 0.181. The molecule has 8 nitrogen and oxygen atoms in total. The summed E-state index contributed by atoms with van der Waals surface area (Å²) < 4.78 is 22.5. The zero-order chi connectivity index (χ0) is 40.2. The minimum atomic E-state index is -0.345. The molecule has 320 valence electrons. The summed E-state index contributed by atoms with van der Waals surface area (Å²) >= 11 is 0. The Labute approximate surface area is 346 Å². The van der Waals surface area contributed by atoms with Crippen LogP contribution in [0.2, 0.25) is 0 Å². The maximum Gasteiger partial charge on any atom is 0.407 e. The van der Waals surface area contributed by atoms with Crippen LogP contribution in [0.25, 0.3) is 0 Å². The number of hydrogen-bond acceptors (Lipinski definition) is 6. The topological polar surface area (TPSA) is 95.1 Å². The molecule has 0 spiro atoms. The summed E-state index contributed by atoms with van der Waals surface area (Å²) in [6.45, 7) is 5.69. The normalized spacial score (nSPS) is 19.4. The molecule has 0 radical (unpaired) electrons. The third-order valence-corrected chi connectivity index (χ3v) is 12.2. The first-order valence-electron chi connectivity index (χ1n) is 23.3. The molecule has 8 heteroatoms. The Kier molecular flexibility index (Phi) is 23.5. The quantitative estimate of drug-likeness (QED) is 0.0834. The van der Waals surface area contributed by atoms with Crippen LogP contribution in [0.4, 0.5) is 9.59 Å². The van der Waals surface area contributed by atoms with Crippen molar-refractivity contribution in [2.24, 2.45) is 11.8 Å². The fraction of sp³-hybridized carbons (Fsp3) is 0.714. The number of benzene rings is 2. The molecule has 2 aliphatic carbocycles. The summed E-state index contributed by atoms with van der Waals surface area (Å²) in [6, 6.07) is 17.0. The second-order valence-corrected chi connectivity index (χ2v) is 17.0. The van der Waals surface area contributed by atoms with Crippen LogP contribution in [0.3, 0.4) is 0 Å². The highest BCUT2D eigenvalue weighted by molar-refractivity contribution is 5.68. The predicted octanol–water partition coefficient (Wildman–Crippen LogP) is 12.7. The molecule has 0 aromatic heterocycles. The van der Waals surface area contributed by atoms with Crippen LogP contribution in [0, 0.1) is 11.8 Å². The standard InChI is InChI=1S/C49H78N2O6/c1-3-5-7-9-11-13-15-17-40-23-31-46(32-24-40)54-35-37-56-48(52)50-44-27-19-42(20-28-44)39-43-21-29-45(30-22-43)51-49(53)57-38-36-55-47-33-25-41(26-34-47)18-16-14-12-10-8-6-4-2/h23-26,31-34,42-45H,3-22,27-30,35-39H2,1-2H3,(H,50,52)(H,51,53). The summed E-state index contributed by atoms with van der Waals surface area (Å²) in [6.07, 6.45) is 29.9. The molecule has 2 fully saturated rings. The molecule has 2 amide bonds. The van der Waals surface area contributed by atoms with E-state index >= 15 is 0 Å². The van der Waals surface area contributed by atoms with Gasteiger partial charge in [0.1, 0.15) is 37.9 Å². The van der Waals surface area contributed by atoms with Gasteiger partial charge in [-0.1, -0.05) is 115 Å². The van der Waals surface area contributed by atoms with Gasteiger partial charge in [0.25, 0.3) is 0 Å². The van der Waals surface area contributed by atoms with E-state index in [4.69, 9.17) is 18.9 Å². The summed E-state index contributed by atoms with van der Waals surface area (Å²) in [7, 11) is 0. The third kappa shape index (κ3) is 20.7. The lowest BCUT2D eigenvalue weighted by molar-refractivity contribution is 0.115. The number of hydrogen-bond donors (Lipinski definition) is 2. The highest BCUT2D eigenvalue weighted by Crippen LogP contribution is 2.35. The molecule has 2 aromatic carbocycles. The van der Waals surface area contributed by atoms with Gasteiger partial charge in [0, 0.05) is 12.1 Å². The van der Waals surface area contributed by atoms with Crippen molar-refractivity contribution in [3.05, 3.63) is 59.7 Å². The van der Waals surface area contributed by atoms with Gasteiger partial charge >= 0.3 is 12.2 Å². The Morgan fingerprint density at radius 2 is 0.825 bits per heavy atom. The maximum atomic E-state index is 12.4. The summed E-state index contributed by atoms with van der Waals surface area (Å²) in [5.74, 6) is 3.04. The van der Waals surface area contributed by atoms with Crippen molar-refractivity contribution in [1.82, 2.24) is 10.6 Å². The van der Waals surface area contributed by atoms with Gasteiger partial charge in [-0.15, -0.1) is 0 Å². The maximum absolute atomic E-state index is 12.4. The van der Waals surface area contributed by atoms with Crippen molar-refractivity contribution in [2.75, 3.05) is 26.4 Å². The second-order valence-electron chi connectivity index (χ2n) is 17.0. The van der Waals surface area contributed by atoms with Gasteiger partial charge in [-0.05, 0) is 131 Å². The number of alkyl carbamates (subject to hydrolysis) is 2. The van der Waals surface area contributed by atoms with Crippen molar-refractivity contribution in [1.29, 1.82) is 0 Å². The lowest BCUT2D eigenvalue weighted by Gasteiger charge is -2.34. The van der Waals surface area contributed by atoms with E-state index in [9.17, 15) is 9.59 Å². The van der Waals surface area contributed by atoms with Crippen molar-refractivity contribution < 1.29 is 28.5 Å². The zero-order valence-electron chi connectivity index (χ0n) is 35.9. The largest absolute Gasteiger partial charge is 0.490 e. The van der Waals surface area contributed by atoms with Crippen molar-refractivity contribution in [3.63, 3.8) is 0 Å². The van der Waals surface area contributed by atoms with Crippen LogP contribution < -0.4 is 20.1 Å². The summed E-state index contributed by atoms with van der Waals surface area (Å²) in [5, 5.41) is 6.15. The van der Waals surface area contributed by atoms with E-state index in [2.05, 4.69) is 48.7 Å². The number of nitrogens with one attached hydrogen (secondary N) is 2. The Balaban J connectivity index is 0.950. The molecule has 2 N–H and O–H groups in total. The predicted molar refractivity (Wildman–Crippen MR) is 232 cm³/mol. The number of carbonyl (C=O) groups is 2. The molecule has 57 heavy (non-hydrogen) atoms. The summed E-state index contributed by atoms with van der Waals surface area (Å²) in [4.78, 5) is 24.9. The number of ether oxygens (including phenoxy) is 4.